The van der Waals surface area contributed by atoms with Crippen molar-refractivity contribution in [2.24, 2.45) is 5.92 Å². The second-order valence-corrected chi connectivity index (χ2v) is 8.31. The van der Waals surface area contributed by atoms with Crippen molar-refractivity contribution in [2.75, 3.05) is 0 Å². The number of hydrogen-bond acceptors (Lipinski definition) is 2. The normalized spacial score (nSPS) is 21.8. The molecule has 0 aromatic heterocycles. The van der Waals surface area contributed by atoms with E-state index in [2.05, 4.69) is 20.8 Å². The first-order chi connectivity index (χ1) is 9.04. The summed E-state index contributed by atoms with van der Waals surface area (Å²) in [5.74, 6) is 0.592. The minimum Gasteiger partial charge on any atom is -0.462 e. The summed E-state index contributed by atoms with van der Waals surface area (Å²) >= 11 is 0. The van der Waals surface area contributed by atoms with Crippen LogP contribution in [-0.4, -0.2) is 22.3 Å². The van der Waals surface area contributed by atoms with Gasteiger partial charge in [-0.05, 0) is 38.0 Å². The molecule has 2 nitrogen and oxygen atoms in total. The highest BCUT2D eigenvalue weighted by Gasteiger charge is 2.39. The van der Waals surface area contributed by atoms with Crippen molar-refractivity contribution in [1.82, 2.24) is 0 Å². The van der Waals surface area contributed by atoms with Crippen molar-refractivity contribution < 1.29 is 9.53 Å². The van der Waals surface area contributed by atoms with Gasteiger partial charge in [0, 0.05) is 10.2 Å². The van der Waals surface area contributed by atoms with Crippen LogP contribution < -0.4 is 0 Å². The van der Waals surface area contributed by atoms with Crippen LogP contribution in [0.15, 0.2) is 0 Å². The molecule has 19 heavy (non-hydrogen) atoms. The van der Waals surface area contributed by atoms with Crippen LogP contribution in [0.2, 0.25) is 5.04 Å². The SMILES string of the molecule is CCCC(C)C([SiH3])(CCC)C(=O)OC1CCCCC1. The maximum atomic E-state index is 12.7. The number of hydrogen-bond donors (Lipinski definition) is 0. The Morgan fingerprint density at radius 2 is 1.89 bits per heavy atom. The molecule has 0 aromatic carbocycles. The highest BCUT2D eigenvalue weighted by molar-refractivity contribution is 6.27. The Bertz CT molecular complexity index is 274. The molecule has 0 heterocycles. The summed E-state index contributed by atoms with van der Waals surface area (Å²) < 4.78 is 5.87. The van der Waals surface area contributed by atoms with Gasteiger partial charge in [-0.1, -0.05) is 46.5 Å². The average Bonchev–Trinajstić information content (AvgIpc) is 2.40. The fourth-order valence-corrected chi connectivity index (χ4v) is 4.20. The van der Waals surface area contributed by atoms with Crippen LogP contribution in [0.25, 0.3) is 0 Å². The summed E-state index contributed by atoms with van der Waals surface area (Å²) in [5.41, 5.74) is 0. The molecule has 1 aliphatic rings. The van der Waals surface area contributed by atoms with E-state index >= 15 is 0 Å². The van der Waals surface area contributed by atoms with E-state index in [1.165, 1.54) is 19.3 Å². The maximum Gasteiger partial charge on any atom is 0.308 e. The third kappa shape index (κ3) is 4.62. The molecule has 1 rings (SSSR count). The molecule has 0 radical (unpaired) electrons. The van der Waals surface area contributed by atoms with Crippen LogP contribution in [0.4, 0.5) is 0 Å². The zero-order chi connectivity index (χ0) is 14.3. The molecule has 112 valence electrons. The highest BCUT2D eigenvalue weighted by Crippen LogP contribution is 2.42. The fraction of sp³-hybridized carbons (Fsp3) is 0.938. The van der Waals surface area contributed by atoms with Crippen molar-refractivity contribution in [3.8, 4) is 0 Å². The van der Waals surface area contributed by atoms with Crippen molar-refractivity contribution in [3.05, 3.63) is 0 Å². The molecule has 0 amide bonds. The predicted octanol–water partition coefficient (Wildman–Crippen LogP) is 3.62. The van der Waals surface area contributed by atoms with Gasteiger partial charge < -0.3 is 4.74 Å². The summed E-state index contributed by atoms with van der Waals surface area (Å²) in [6.07, 6.45) is 10.5. The van der Waals surface area contributed by atoms with Gasteiger partial charge in [0.15, 0.2) is 0 Å². The summed E-state index contributed by atoms with van der Waals surface area (Å²) in [6.45, 7) is 6.63. The van der Waals surface area contributed by atoms with Gasteiger partial charge in [-0.2, -0.15) is 0 Å². The van der Waals surface area contributed by atoms with E-state index in [1.807, 2.05) is 0 Å². The molecule has 2 unspecified atom stereocenters. The Morgan fingerprint density at radius 1 is 1.26 bits per heavy atom. The topological polar surface area (TPSA) is 26.3 Å². The van der Waals surface area contributed by atoms with Crippen molar-refractivity contribution in [1.29, 1.82) is 0 Å². The predicted molar refractivity (Wildman–Crippen MR) is 84.6 cm³/mol. The summed E-state index contributed by atoms with van der Waals surface area (Å²) in [5, 5.41) is -0.151. The first-order valence-electron chi connectivity index (χ1n) is 8.25. The Balaban J connectivity index is 2.64. The molecule has 3 heteroatoms. The number of rotatable bonds is 7. The van der Waals surface area contributed by atoms with Gasteiger partial charge in [0.1, 0.15) is 6.10 Å². The Morgan fingerprint density at radius 3 is 2.42 bits per heavy atom. The summed E-state index contributed by atoms with van der Waals surface area (Å²) in [6, 6.07) is 0. The molecule has 0 bridgehead atoms. The van der Waals surface area contributed by atoms with E-state index < -0.39 is 0 Å². The molecule has 0 N–H and O–H groups in total. The van der Waals surface area contributed by atoms with Gasteiger partial charge in [-0.25, -0.2) is 0 Å². The molecule has 0 saturated heterocycles. The van der Waals surface area contributed by atoms with Gasteiger partial charge in [0.25, 0.3) is 0 Å². The lowest BCUT2D eigenvalue weighted by molar-refractivity contribution is -0.156. The van der Waals surface area contributed by atoms with Crippen LogP contribution in [0.1, 0.15) is 78.6 Å². The average molecular weight is 285 g/mol. The lowest BCUT2D eigenvalue weighted by atomic mass is 9.85. The molecule has 1 aliphatic carbocycles. The van der Waals surface area contributed by atoms with E-state index in [0.717, 1.165) is 48.8 Å². The van der Waals surface area contributed by atoms with Crippen LogP contribution >= 0.6 is 0 Å². The minimum atomic E-state index is -0.151. The zero-order valence-electron chi connectivity index (χ0n) is 13.3. The zero-order valence-corrected chi connectivity index (χ0v) is 15.3. The second-order valence-electron chi connectivity index (χ2n) is 6.52. The van der Waals surface area contributed by atoms with E-state index in [9.17, 15) is 4.79 Å². The number of carbonyl (C=O) groups excluding carboxylic acids is 1. The van der Waals surface area contributed by atoms with Gasteiger partial charge in [-0.15, -0.1) is 0 Å². The second kappa shape index (κ2) is 8.08. The van der Waals surface area contributed by atoms with Crippen molar-refractivity contribution in [3.63, 3.8) is 0 Å². The molecular formula is C16H32O2Si. The van der Waals surface area contributed by atoms with Crippen LogP contribution in [0.5, 0.6) is 0 Å². The molecule has 0 spiro atoms. The minimum absolute atomic E-state index is 0.119. The molecule has 0 aliphatic heterocycles. The van der Waals surface area contributed by atoms with Gasteiger partial charge >= 0.3 is 5.97 Å². The Kier molecular flexibility index (Phi) is 7.12. The highest BCUT2D eigenvalue weighted by atomic mass is 28.1. The molecular weight excluding hydrogens is 252 g/mol. The number of esters is 1. The Labute approximate surface area is 122 Å². The first-order valence-corrected chi connectivity index (χ1v) is 9.25. The smallest absolute Gasteiger partial charge is 0.308 e. The fourth-order valence-electron chi connectivity index (χ4n) is 3.29. The lowest BCUT2D eigenvalue weighted by Crippen LogP contribution is -2.35. The van der Waals surface area contributed by atoms with E-state index in [4.69, 9.17) is 4.74 Å². The van der Waals surface area contributed by atoms with Crippen molar-refractivity contribution in [2.45, 2.75) is 89.7 Å². The van der Waals surface area contributed by atoms with Crippen LogP contribution in [-0.2, 0) is 9.53 Å². The molecule has 2 atom stereocenters. The summed E-state index contributed by atoms with van der Waals surface area (Å²) in [4.78, 5) is 12.7. The third-order valence-electron chi connectivity index (χ3n) is 4.87. The van der Waals surface area contributed by atoms with E-state index in [-0.39, 0.29) is 17.1 Å². The number of ether oxygens (including phenoxy) is 1. The monoisotopic (exact) mass is 284 g/mol. The standard InChI is InChI=1S/C16H32O2Si/c1-4-9-13(3)16(19,12-5-2)15(17)18-14-10-7-6-8-11-14/h13-14H,4-12H2,1-3,19H3. The van der Waals surface area contributed by atoms with Crippen molar-refractivity contribution >= 4 is 16.2 Å². The largest absolute Gasteiger partial charge is 0.462 e. The van der Waals surface area contributed by atoms with Gasteiger partial charge in [0.2, 0.25) is 0 Å². The maximum absolute atomic E-state index is 12.7. The Hall–Kier alpha value is -0.313. The number of carbonyl (C=O) groups is 1. The molecule has 1 fully saturated rings. The summed E-state index contributed by atoms with van der Waals surface area (Å²) in [7, 11) is 0.916. The molecule has 0 aromatic rings. The third-order valence-corrected chi connectivity index (χ3v) is 6.76. The van der Waals surface area contributed by atoms with E-state index in [0.29, 0.717) is 5.92 Å². The first kappa shape index (κ1) is 16.7. The van der Waals surface area contributed by atoms with Crippen LogP contribution in [0, 0.1) is 5.92 Å². The molecule has 1 saturated carbocycles. The van der Waals surface area contributed by atoms with Gasteiger partial charge in [0.05, 0.1) is 5.04 Å². The van der Waals surface area contributed by atoms with E-state index in [1.54, 1.807) is 0 Å². The van der Waals surface area contributed by atoms with Gasteiger partial charge in [-0.3, -0.25) is 4.79 Å². The van der Waals surface area contributed by atoms with Crippen LogP contribution in [0.3, 0.4) is 0 Å². The lowest BCUT2D eigenvalue weighted by Gasteiger charge is -2.35. The quantitative estimate of drug-likeness (QED) is 0.527.